The number of ether oxygens (including phenoxy) is 1. The van der Waals surface area contributed by atoms with E-state index in [2.05, 4.69) is 0 Å². The summed E-state index contributed by atoms with van der Waals surface area (Å²) >= 11 is 1.28. The minimum atomic E-state index is -1.21. The van der Waals surface area contributed by atoms with Gasteiger partial charge in [-0.05, 0) is 24.6 Å². The molecule has 2 aromatic carbocycles. The molecular formula is C18H16O3S. The van der Waals surface area contributed by atoms with Gasteiger partial charge in [0.2, 0.25) is 0 Å². The number of carbonyl (C=O) groups excluding carboxylic acids is 2. The third-order valence-corrected chi connectivity index (χ3v) is 5.25. The summed E-state index contributed by atoms with van der Waals surface area (Å²) in [5.74, 6) is -0.653. The molecule has 0 aromatic heterocycles. The van der Waals surface area contributed by atoms with Crippen LogP contribution in [-0.4, -0.2) is 23.6 Å². The largest absolute Gasteiger partial charge is 0.468 e. The van der Waals surface area contributed by atoms with Gasteiger partial charge in [-0.15, -0.1) is 0 Å². The Bertz CT molecular complexity index is 736. The first-order chi connectivity index (χ1) is 10.6. The molecule has 0 aliphatic heterocycles. The van der Waals surface area contributed by atoms with Gasteiger partial charge in [0, 0.05) is 16.9 Å². The van der Waals surface area contributed by atoms with Crippen LogP contribution in [0.5, 0.6) is 0 Å². The summed E-state index contributed by atoms with van der Waals surface area (Å²) in [6.45, 7) is 2.00. The van der Waals surface area contributed by atoms with Gasteiger partial charge in [-0.25, -0.2) is 0 Å². The van der Waals surface area contributed by atoms with Crippen LogP contribution in [0.15, 0.2) is 53.4 Å². The van der Waals surface area contributed by atoms with Gasteiger partial charge in [-0.1, -0.05) is 53.7 Å². The number of thioether (sulfide) groups is 1. The fourth-order valence-electron chi connectivity index (χ4n) is 2.72. The molecule has 1 aliphatic rings. The van der Waals surface area contributed by atoms with E-state index in [-0.39, 0.29) is 5.78 Å². The van der Waals surface area contributed by atoms with Crippen molar-refractivity contribution in [3.05, 3.63) is 65.2 Å². The van der Waals surface area contributed by atoms with E-state index in [0.717, 1.165) is 16.0 Å². The maximum Gasteiger partial charge on any atom is 0.330 e. The van der Waals surface area contributed by atoms with E-state index in [4.69, 9.17) is 4.74 Å². The van der Waals surface area contributed by atoms with Gasteiger partial charge in [0.1, 0.15) is 0 Å². The highest BCUT2D eigenvalue weighted by atomic mass is 32.2. The molecule has 0 radical (unpaired) electrons. The summed E-state index contributed by atoms with van der Waals surface area (Å²) in [4.78, 5) is 26.2. The van der Waals surface area contributed by atoms with Gasteiger partial charge in [-0.2, -0.15) is 0 Å². The van der Waals surface area contributed by atoms with E-state index >= 15 is 0 Å². The molecule has 112 valence electrons. The number of rotatable bonds is 3. The number of Topliss-reactive ketones (excluding diaryl/α,β-unsaturated/α-hetero) is 1. The Morgan fingerprint density at radius 2 is 1.82 bits per heavy atom. The van der Waals surface area contributed by atoms with Crippen molar-refractivity contribution in [2.45, 2.75) is 23.0 Å². The molecule has 0 heterocycles. The summed E-state index contributed by atoms with van der Waals surface area (Å²) in [5, 5.41) is 0. The van der Waals surface area contributed by atoms with E-state index in [1.165, 1.54) is 18.9 Å². The molecule has 1 aliphatic carbocycles. The van der Waals surface area contributed by atoms with E-state index in [1.54, 1.807) is 6.07 Å². The van der Waals surface area contributed by atoms with Crippen molar-refractivity contribution in [3.8, 4) is 0 Å². The number of esters is 1. The molecule has 0 saturated carbocycles. The van der Waals surface area contributed by atoms with E-state index in [1.807, 2.05) is 49.4 Å². The first kappa shape index (κ1) is 14.9. The maximum absolute atomic E-state index is 12.9. The fourth-order valence-corrected chi connectivity index (χ4v) is 3.99. The molecule has 0 N–H and O–H groups in total. The van der Waals surface area contributed by atoms with Gasteiger partial charge in [0.05, 0.1) is 7.11 Å². The predicted octanol–water partition coefficient (Wildman–Crippen LogP) is 3.44. The number of ketones is 1. The SMILES string of the molecule is COC(=O)C1(Sc2ccc(C)cc2)Cc2ccccc2C1=O. The quantitative estimate of drug-likeness (QED) is 0.643. The van der Waals surface area contributed by atoms with Crippen molar-refractivity contribution in [3.63, 3.8) is 0 Å². The van der Waals surface area contributed by atoms with Crippen LogP contribution in [-0.2, 0) is 16.0 Å². The van der Waals surface area contributed by atoms with Gasteiger partial charge >= 0.3 is 5.97 Å². The highest BCUT2D eigenvalue weighted by Crippen LogP contribution is 2.44. The number of benzene rings is 2. The van der Waals surface area contributed by atoms with Gasteiger partial charge in [0.15, 0.2) is 10.5 Å². The van der Waals surface area contributed by atoms with Crippen LogP contribution >= 0.6 is 11.8 Å². The number of carbonyl (C=O) groups is 2. The minimum Gasteiger partial charge on any atom is -0.468 e. The van der Waals surface area contributed by atoms with Crippen molar-refractivity contribution in [1.82, 2.24) is 0 Å². The summed E-state index contributed by atoms with van der Waals surface area (Å²) < 4.78 is 3.74. The topological polar surface area (TPSA) is 43.4 Å². The Kier molecular flexibility index (Phi) is 3.79. The molecule has 0 saturated heterocycles. The fraction of sp³-hybridized carbons (Fsp3) is 0.222. The third kappa shape index (κ3) is 2.33. The second kappa shape index (κ2) is 5.61. The lowest BCUT2D eigenvalue weighted by Gasteiger charge is -2.23. The molecule has 22 heavy (non-hydrogen) atoms. The zero-order valence-electron chi connectivity index (χ0n) is 12.5. The number of methoxy groups -OCH3 is 1. The molecule has 3 nitrogen and oxygen atoms in total. The van der Waals surface area contributed by atoms with Gasteiger partial charge in [-0.3, -0.25) is 9.59 Å². The summed E-state index contributed by atoms with van der Waals surface area (Å²) in [6.07, 6.45) is 0.368. The molecule has 4 heteroatoms. The lowest BCUT2D eigenvalue weighted by atomic mass is 10.0. The Balaban J connectivity index is 2.03. The molecule has 0 spiro atoms. The van der Waals surface area contributed by atoms with Crippen LogP contribution in [0.2, 0.25) is 0 Å². The summed E-state index contributed by atoms with van der Waals surface area (Å²) in [7, 11) is 1.33. The summed E-state index contributed by atoms with van der Waals surface area (Å²) in [5.41, 5.74) is 2.66. The molecule has 1 atom stereocenters. The van der Waals surface area contributed by atoms with Gasteiger partial charge < -0.3 is 4.74 Å². The second-order valence-corrected chi connectivity index (χ2v) is 6.77. The van der Waals surface area contributed by atoms with Crippen molar-refractivity contribution < 1.29 is 14.3 Å². The zero-order valence-corrected chi connectivity index (χ0v) is 13.3. The lowest BCUT2D eigenvalue weighted by molar-refractivity contribution is -0.141. The van der Waals surface area contributed by atoms with E-state index in [9.17, 15) is 9.59 Å². The predicted molar refractivity (Wildman–Crippen MR) is 86.3 cm³/mol. The number of hydrogen-bond donors (Lipinski definition) is 0. The van der Waals surface area contributed by atoms with Crippen LogP contribution in [0.4, 0.5) is 0 Å². The normalized spacial score (nSPS) is 19.8. The zero-order chi connectivity index (χ0) is 15.7. The van der Waals surface area contributed by atoms with Crippen LogP contribution in [0.25, 0.3) is 0 Å². The molecule has 3 rings (SSSR count). The molecule has 0 fully saturated rings. The van der Waals surface area contributed by atoms with Crippen LogP contribution < -0.4 is 0 Å². The highest BCUT2D eigenvalue weighted by Gasteiger charge is 2.53. The molecule has 2 aromatic rings. The number of aryl methyl sites for hydroxylation is 1. The van der Waals surface area contributed by atoms with Crippen LogP contribution in [0, 0.1) is 6.92 Å². The molecular weight excluding hydrogens is 296 g/mol. The third-order valence-electron chi connectivity index (χ3n) is 3.90. The lowest BCUT2D eigenvalue weighted by Crippen LogP contribution is -2.42. The van der Waals surface area contributed by atoms with Crippen LogP contribution in [0.1, 0.15) is 21.5 Å². The Hall–Kier alpha value is -2.07. The monoisotopic (exact) mass is 312 g/mol. The number of fused-ring (bicyclic) bond motifs is 1. The Morgan fingerprint density at radius 3 is 2.45 bits per heavy atom. The first-order valence-corrected chi connectivity index (χ1v) is 7.85. The maximum atomic E-state index is 12.9. The van der Waals surface area contributed by atoms with E-state index in [0.29, 0.717) is 12.0 Å². The molecule has 0 amide bonds. The van der Waals surface area contributed by atoms with Crippen LogP contribution in [0.3, 0.4) is 0 Å². The smallest absolute Gasteiger partial charge is 0.330 e. The number of hydrogen-bond acceptors (Lipinski definition) is 4. The molecule has 1 unspecified atom stereocenters. The average molecular weight is 312 g/mol. The Morgan fingerprint density at radius 1 is 1.14 bits per heavy atom. The van der Waals surface area contributed by atoms with Crippen molar-refractivity contribution in [1.29, 1.82) is 0 Å². The Labute approximate surface area is 133 Å². The van der Waals surface area contributed by atoms with Crippen molar-refractivity contribution >= 4 is 23.5 Å². The van der Waals surface area contributed by atoms with Crippen molar-refractivity contribution in [2.75, 3.05) is 7.11 Å². The van der Waals surface area contributed by atoms with Gasteiger partial charge in [0.25, 0.3) is 0 Å². The highest BCUT2D eigenvalue weighted by molar-refractivity contribution is 8.02. The molecule has 0 bridgehead atoms. The van der Waals surface area contributed by atoms with Crippen molar-refractivity contribution in [2.24, 2.45) is 0 Å². The average Bonchev–Trinajstić information content (AvgIpc) is 2.83. The standard InChI is InChI=1S/C18H16O3S/c1-12-7-9-14(10-8-12)22-18(17(20)21-2)11-13-5-3-4-6-15(13)16(18)19/h3-10H,11H2,1-2H3. The second-order valence-electron chi connectivity index (χ2n) is 5.40. The minimum absolute atomic E-state index is 0.166. The van der Waals surface area contributed by atoms with E-state index < -0.39 is 10.7 Å². The first-order valence-electron chi connectivity index (χ1n) is 7.03. The summed E-state index contributed by atoms with van der Waals surface area (Å²) in [6, 6.07) is 15.2.